The zero-order valence-electron chi connectivity index (χ0n) is 15.0. The SMILES string of the molecule is CCCCCCCC(C)CCCCCCCCO.O=S(=O)(O)O. The van der Waals surface area contributed by atoms with Crippen molar-refractivity contribution in [3.8, 4) is 0 Å². The molecule has 0 fully saturated rings. The minimum absolute atomic E-state index is 0.370. The predicted molar refractivity (Wildman–Crippen MR) is 96.1 cm³/mol. The molecule has 5 nitrogen and oxygen atoms in total. The van der Waals surface area contributed by atoms with Crippen molar-refractivity contribution < 1.29 is 22.6 Å². The largest absolute Gasteiger partial charge is 0.396 e. The lowest BCUT2D eigenvalue weighted by molar-refractivity contribution is 0.282. The van der Waals surface area contributed by atoms with Crippen LogP contribution in [0.3, 0.4) is 0 Å². The van der Waals surface area contributed by atoms with Crippen LogP contribution in [0, 0.1) is 5.92 Å². The molecule has 0 amide bonds. The summed E-state index contributed by atoms with van der Waals surface area (Å²) in [5.74, 6) is 0.934. The van der Waals surface area contributed by atoms with Crippen molar-refractivity contribution in [2.75, 3.05) is 6.61 Å². The van der Waals surface area contributed by atoms with E-state index in [4.69, 9.17) is 22.6 Å². The molecule has 0 aliphatic carbocycles. The molecule has 6 heteroatoms. The molecule has 0 saturated heterocycles. The fraction of sp³-hybridized carbons (Fsp3) is 1.00. The highest BCUT2D eigenvalue weighted by molar-refractivity contribution is 7.79. The highest BCUT2D eigenvalue weighted by atomic mass is 32.3. The second kappa shape index (κ2) is 18.2. The smallest absolute Gasteiger partial charge is 0.394 e. The fourth-order valence-corrected chi connectivity index (χ4v) is 2.55. The zero-order chi connectivity index (χ0) is 18.0. The van der Waals surface area contributed by atoms with Crippen molar-refractivity contribution in [2.45, 2.75) is 97.3 Å². The van der Waals surface area contributed by atoms with Gasteiger partial charge in [0.1, 0.15) is 0 Å². The molecule has 1 atom stereocenters. The molecule has 142 valence electrons. The molecule has 3 N–H and O–H groups in total. The third-order valence-electron chi connectivity index (χ3n) is 3.91. The average molecular weight is 355 g/mol. The van der Waals surface area contributed by atoms with Gasteiger partial charge in [0.15, 0.2) is 0 Å². The Bertz CT molecular complexity index is 309. The highest BCUT2D eigenvalue weighted by Gasteiger charge is 2.01. The molecule has 0 aliphatic heterocycles. The van der Waals surface area contributed by atoms with Gasteiger partial charge in [0.05, 0.1) is 0 Å². The van der Waals surface area contributed by atoms with Crippen molar-refractivity contribution in [3.05, 3.63) is 0 Å². The van der Waals surface area contributed by atoms with Gasteiger partial charge in [0.2, 0.25) is 0 Å². The first kappa shape index (κ1) is 25.1. The fourth-order valence-electron chi connectivity index (χ4n) is 2.55. The van der Waals surface area contributed by atoms with Gasteiger partial charge >= 0.3 is 10.4 Å². The molecule has 0 bridgehead atoms. The van der Waals surface area contributed by atoms with Gasteiger partial charge in [-0.2, -0.15) is 8.42 Å². The molecule has 0 rings (SSSR count). The maximum absolute atomic E-state index is 8.74. The number of aliphatic hydroxyl groups is 1. The molecule has 0 aromatic heterocycles. The molecular weight excluding hydrogens is 316 g/mol. The third-order valence-corrected chi connectivity index (χ3v) is 3.91. The Kier molecular flexibility index (Phi) is 19.8. The Hall–Kier alpha value is -0.170. The van der Waals surface area contributed by atoms with Gasteiger partial charge in [0, 0.05) is 6.61 Å². The maximum Gasteiger partial charge on any atom is 0.394 e. The lowest BCUT2D eigenvalue weighted by Gasteiger charge is -2.10. The summed E-state index contributed by atoms with van der Waals surface area (Å²) in [6, 6.07) is 0. The summed E-state index contributed by atoms with van der Waals surface area (Å²) in [6.07, 6.45) is 17.6. The molecule has 0 heterocycles. The summed E-state index contributed by atoms with van der Waals surface area (Å²) in [5, 5.41) is 8.68. The van der Waals surface area contributed by atoms with Gasteiger partial charge < -0.3 is 5.11 Å². The molecule has 0 radical (unpaired) electrons. The Morgan fingerprint density at radius 1 is 0.739 bits per heavy atom. The number of rotatable bonds is 14. The van der Waals surface area contributed by atoms with Gasteiger partial charge in [-0.3, -0.25) is 9.11 Å². The second-order valence-corrected chi connectivity index (χ2v) is 7.29. The van der Waals surface area contributed by atoms with E-state index in [0.29, 0.717) is 6.61 Å². The summed E-state index contributed by atoms with van der Waals surface area (Å²) in [6.45, 7) is 5.07. The Balaban J connectivity index is 0. The van der Waals surface area contributed by atoms with Crippen LogP contribution in [0.25, 0.3) is 0 Å². The number of hydrogen-bond donors (Lipinski definition) is 3. The molecule has 0 spiro atoms. The summed E-state index contributed by atoms with van der Waals surface area (Å²) < 4.78 is 31.6. The zero-order valence-corrected chi connectivity index (χ0v) is 15.9. The van der Waals surface area contributed by atoms with E-state index in [0.717, 1.165) is 12.3 Å². The number of hydrogen-bond acceptors (Lipinski definition) is 3. The van der Waals surface area contributed by atoms with Gasteiger partial charge in [-0.05, 0) is 12.3 Å². The van der Waals surface area contributed by atoms with E-state index in [2.05, 4.69) is 13.8 Å². The van der Waals surface area contributed by atoms with Gasteiger partial charge in [-0.15, -0.1) is 0 Å². The topological polar surface area (TPSA) is 94.8 Å². The minimum Gasteiger partial charge on any atom is -0.396 e. The van der Waals surface area contributed by atoms with Crippen molar-refractivity contribution in [3.63, 3.8) is 0 Å². The van der Waals surface area contributed by atoms with Crippen LogP contribution in [0.15, 0.2) is 0 Å². The number of aliphatic hydroxyl groups excluding tert-OH is 1. The van der Waals surface area contributed by atoms with Crippen LogP contribution < -0.4 is 0 Å². The second-order valence-electron chi connectivity index (χ2n) is 6.39. The monoisotopic (exact) mass is 354 g/mol. The van der Waals surface area contributed by atoms with Gasteiger partial charge in [-0.1, -0.05) is 90.9 Å². The van der Waals surface area contributed by atoms with Crippen LogP contribution in [0.1, 0.15) is 97.3 Å². The predicted octanol–water partition coefficient (Wildman–Crippen LogP) is 5.05. The van der Waals surface area contributed by atoms with Crippen molar-refractivity contribution in [1.29, 1.82) is 0 Å². The molecule has 1 unspecified atom stereocenters. The molecule has 0 aromatic rings. The van der Waals surface area contributed by atoms with Crippen LogP contribution in [0.5, 0.6) is 0 Å². The summed E-state index contributed by atoms with van der Waals surface area (Å²) in [4.78, 5) is 0. The van der Waals surface area contributed by atoms with E-state index in [1.54, 1.807) is 0 Å². The quantitative estimate of drug-likeness (QED) is 0.299. The maximum atomic E-state index is 8.74. The minimum atomic E-state index is -4.67. The van der Waals surface area contributed by atoms with Crippen molar-refractivity contribution in [2.24, 2.45) is 5.92 Å². The normalized spacial score (nSPS) is 12.6. The van der Waals surface area contributed by atoms with Crippen LogP contribution in [0.4, 0.5) is 0 Å². The Morgan fingerprint density at radius 3 is 1.48 bits per heavy atom. The van der Waals surface area contributed by atoms with E-state index in [9.17, 15) is 0 Å². The van der Waals surface area contributed by atoms with E-state index in [1.807, 2.05) is 0 Å². The third kappa shape index (κ3) is 34.3. The first-order chi connectivity index (χ1) is 10.8. The van der Waals surface area contributed by atoms with Crippen LogP contribution in [-0.4, -0.2) is 29.2 Å². The van der Waals surface area contributed by atoms with E-state index < -0.39 is 10.4 Å². The van der Waals surface area contributed by atoms with E-state index in [-0.39, 0.29) is 0 Å². The van der Waals surface area contributed by atoms with Crippen molar-refractivity contribution in [1.82, 2.24) is 0 Å². The molecule has 0 saturated carbocycles. The molecule has 0 aromatic carbocycles. The molecule has 23 heavy (non-hydrogen) atoms. The average Bonchev–Trinajstić information content (AvgIpc) is 2.44. The summed E-state index contributed by atoms with van der Waals surface area (Å²) in [7, 11) is -4.67. The Labute approximate surface area is 143 Å². The van der Waals surface area contributed by atoms with Crippen LogP contribution >= 0.6 is 0 Å². The first-order valence-electron chi connectivity index (χ1n) is 9.12. The van der Waals surface area contributed by atoms with Crippen LogP contribution in [0.2, 0.25) is 0 Å². The lowest BCUT2D eigenvalue weighted by Crippen LogP contribution is -1.95. The summed E-state index contributed by atoms with van der Waals surface area (Å²) in [5.41, 5.74) is 0. The van der Waals surface area contributed by atoms with E-state index in [1.165, 1.54) is 77.0 Å². The van der Waals surface area contributed by atoms with Crippen LogP contribution in [-0.2, 0) is 10.4 Å². The van der Waals surface area contributed by atoms with E-state index >= 15 is 0 Å². The number of unbranched alkanes of at least 4 members (excludes halogenated alkanes) is 9. The molecule has 0 aliphatic rings. The first-order valence-corrected chi connectivity index (χ1v) is 10.5. The standard InChI is InChI=1S/C17H36O.H2O4S/c1-3-4-5-8-11-14-17(2)15-12-9-6-7-10-13-16-18;1-5(2,3)4/h17-18H,3-16H2,1-2H3;(H2,1,2,3,4). The molecular formula is C17H38O5S. The highest BCUT2D eigenvalue weighted by Crippen LogP contribution is 2.18. The Morgan fingerprint density at radius 2 is 1.09 bits per heavy atom. The summed E-state index contributed by atoms with van der Waals surface area (Å²) >= 11 is 0. The van der Waals surface area contributed by atoms with Crippen molar-refractivity contribution >= 4 is 10.4 Å². The van der Waals surface area contributed by atoms with Gasteiger partial charge in [-0.25, -0.2) is 0 Å². The van der Waals surface area contributed by atoms with Gasteiger partial charge in [0.25, 0.3) is 0 Å². The lowest BCUT2D eigenvalue weighted by atomic mass is 9.96.